The zero-order valence-corrected chi connectivity index (χ0v) is 20.3. The largest absolute Gasteiger partial charge is 0.493 e. The number of benzene rings is 1. The highest BCUT2D eigenvalue weighted by atomic mass is 32.1. The van der Waals surface area contributed by atoms with E-state index in [4.69, 9.17) is 13.9 Å². The molecule has 0 bridgehead atoms. The van der Waals surface area contributed by atoms with Gasteiger partial charge in [-0.3, -0.25) is 9.59 Å². The van der Waals surface area contributed by atoms with Crippen molar-refractivity contribution in [1.29, 1.82) is 0 Å². The van der Waals surface area contributed by atoms with Crippen LogP contribution in [-0.4, -0.2) is 37.0 Å². The zero-order valence-electron chi connectivity index (χ0n) is 19.5. The molecule has 1 aliphatic carbocycles. The number of hydrogen-bond donors (Lipinski definition) is 1. The predicted molar refractivity (Wildman–Crippen MR) is 130 cm³/mol. The minimum Gasteiger partial charge on any atom is -0.493 e. The lowest BCUT2D eigenvalue weighted by Gasteiger charge is -2.32. The lowest BCUT2D eigenvalue weighted by atomic mass is 10.0. The van der Waals surface area contributed by atoms with Gasteiger partial charge >= 0.3 is 0 Å². The average Bonchev–Trinajstić information content (AvgIpc) is 3.63. The SMILES string of the molecule is COc1ccc(C(C(=O)NC2CCCC2)N(Cc2ccco2)C(=O)Cc2cccs2)cc1OC. The molecular formula is C26H30N2O5S. The lowest BCUT2D eigenvalue weighted by molar-refractivity contribution is -0.141. The van der Waals surface area contributed by atoms with Crippen LogP contribution in [-0.2, 0) is 22.6 Å². The van der Waals surface area contributed by atoms with Gasteiger partial charge in [0.2, 0.25) is 11.8 Å². The number of thiophene rings is 1. The second-order valence-electron chi connectivity index (χ2n) is 8.36. The third-order valence-electron chi connectivity index (χ3n) is 6.12. The molecule has 1 fully saturated rings. The molecule has 34 heavy (non-hydrogen) atoms. The maximum absolute atomic E-state index is 13.7. The van der Waals surface area contributed by atoms with Gasteiger partial charge in [-0.2, -0.15) is 0 Å². The summed E-state index contributed by atoms with van der Waals surface area (Å²) in [5.74, 6) is 1.31. The van der Waals surface area contributed by atoms with Gasteiger partial charge in [0.25, 0.3) is 0 Å². The molecule has 8 heteroatoms. The number of methoxy groups -OCH3 is 2. The molecular weight excluding hydrogens is 452 g/mol. The number of nitrogens with one attached hydrogen (secondary N) is 1. The summed E-state index contributed by atoms with van der Waals surface area (Å²) in [5, 5.41) is 5.13. The first-order chi connectivity index (χ1) is 16.6. The van der Waals surface area contributed by atoms with E-state index in [0.717, 1.165) is 30.6 Å². The van der Waals surface area contributed by atoms with Gasteiger partial charge in [-0.1, -0.05) is 25.0 Å². The minimum absolute atomic E-state index is 0.119. The monoisotopic (exact) mass is 482 g/mol. The van der Waals surface area contributed by atoms with Crippen molar-refractivity contribution in [3.05, 3.63) is 70.3 Å². The number of hydrogen-bond acceptors (Lipinski definition) is 6. The van der Waals surface area contributed by atoms with Gasteiger partial charge in [0.1, 0.15) is 11.8 Å². The van der Waals surface area contributed by atoms with E-state index < -0.39 is 6.04 Å². The second-order valence-corrected chi connectivity index (χ2v) is 9.40. The van der Waals surface area contributed by atoms with Crippen LogP contribution in [0.3, 0.4) is 0 Å². The highest BCUT2D eigenvalue weighted by molar-refractivity contribution is 7.10. The Kier molecular flexibility index (Phi) is 7.90. The van der Waals surface area contributed by atoms with Crippen LogP contribution in [0.5, 0.6) is 11.5 Å². The van der Waals surface area contributed by atoms with Crippen molar-refractivity contribution in [1.82, 2.24) is 10.2 Å². The first-order valence-corrected chi connectivity index (χ1v) is 12.3. The van der Waals surface area contributed by atoms with Gasteiger partial charge in [0, 0.05) is 10.9 Å². The van der Waals surface area contributed by atoms with E-state index >= 15 is 0 Å². The topological polar surface area (TPSA) is 81.0 Å². The van der Waals surface area contributed by atoms with Gasteiger partial charge in [-0.15, -0.1) is 11.3 Å². The molecule has 1 aliphatic rings. The Hall–Kier alpha value is -3.26. The van der Waals surface area contributed by atoms with Crippen molar-refractivity contribution in [3.8, 4) is 11.5 Å². The van der Waals surface area contributed by atoms with Crippen LogP contribution < -0.4 is 14.8 Å². The van der Waals surface area contributed by atoms with E-state index in [-0.39, 0.29) is 30.8 Å². The first kappa shape index (κ1) is 23.9. The summed E-state index contributed by atoms with van der Waals surface area (Å²) < 4.78 is 16.4. The maximum atomic E-state index is 13.7. The van der Waals surface area contributed by atoms with Gasteiger partial charge in [0.05, 0.1) is 33.4 Å². The molecule has 2 aromatic heterocycles. The second kappa shape index (κ2) is 11.2. The third kappa shape index (κ3) is 5.62. The third-order valence-corrected chi connectivity index (χ3v) is 6.99. The molecule has 0 radical (unpaired) electrons. The fourth-order valence-corrected chi connectivity index (χ4v) is 5.10. The average molecular weight is 483 g/mol. The fraction of sp³-hybridized carbons (Fsp3) is 0.385. The van der Waals surface area contributed by atoms with Crippen LogP contribution in [0.1, 0.15) is 47.9 Å². The molecule has 1 aromatic carbocycles. The molecule has 4 rings (SSSR count). The van der Waals surface area contributed by atoms with E-state index in [1.165, 1.54) is 11.3 Å². The number of amides is 2. The van der Waals surface area contributed by atoms with Crippen molar-refractivity contribution in [3.63, 3.8) is 0 Å². The molecule has 7 nitrogen and oxygen atoms in total. The Balaban J connectivity index is 1.72. The van der Waals surface area contributed by atoms with Crippen LogP contribution >= 0.6 is 11.3 Å². The maximum Gasteiger partial charge on any atom is 0.247 e. The van der Waals surface area contributed by atoms with Crippen LogP contribution in [0.15, 0.2) is 58.5 Å². The van der Waals surface area contributed by atoms with Crippen molar-refractivity contribution < 1.29 is 23.5 Å². The normalized spacial score (nSPS) is 14.5. The van der Waals surface area contributed by atoms with E-state index in [2.05, 4.69) is 5.32 Å². The summed E-state index contributed by atoms with van der Waals surface area (Å²) in [6, 6.07) is 12.1. The molecule has 0 saturated heterocycles. The Morgan fingerprint density at radius 3 is 2.56 bits per heavy atom. The molecule has 3 aromatic rings. The molecule has 1 N–H and O–H groups in total. The van der Waals surface area contributed by atoms with Crippen molar-refractivity contribution >= 4 is 23.2 Å². The molecule has 180 valence electrons. The molecule has 0 spiro atoms. The molecule has 1 saturated carbocycles. The number of rotatable bonds is 10. The van der Waals surface area contributed by atoms with Gasteiger partial charge in [0.15, 0.2) is 11.5 Å². The Labute approximate surface area is 203 Å². The highest BCUT2D eigenvalue weighted by Crippen LogP contribution is 2.34. The summed E-state index contributed by atoms with van der Waals surface area (Å²) in [6.45, 7) is 0.175. The smallest absolute Gasteiger partial charge is 0.247 e. The van der Waals surface area contributed by atoms with E-state index in [9.17, 15) is 9.59 Å². The molecule has 1 unspecified atom stereocenters. The van der Waals surface area contributed by atoms with Crippen LogP contribution in [0.2, 0.25) is 0 Å². The standard InChI is InChI=1S/C26H30N2O5S/c1-31-22-12-11-18(15-23(22)32-2)25(26(30)27-19-7-3-4-8-19)28(17-20-9-5-13-33-20)24(29)16-21-10-6-14-34-21/h5-6,9-15,19,25H,3-4,7-8,16-17H2,1-2H3,(H,27,30). The Morgan fingerprint density at radius 1 is 1.12 bits per heavy atom. The molecule has 2 amide bonds. The molecule has 1 atom stereocenters. The summed E-state index contributed by atoms with van der Waals surface area (Å²) in [6.07, 6.45) is 5.87. The van der Waals surface area contributed by atoms with Gasteiger partial charge < -0.3 is 24.1 Å². The van der Waals surface area contributed by atoms with E-state index in [1.54, 1.807) is 43.6 Å². The summed E-state index contributed by atoms with van der Waals surface area (Å²) in [4.78, 5) is 29.9. The molecule has 2 heterocycles. The first-order valence-electron chi connectivity index (χ1n) is 11.5. The number of ether oxygens (including phenoxy) is 2. The summed E-state index contributed by atoms with van der Waals surface area (Å²) in [7, 11) is 3.12. The lowest BCUT2D eigenvalue weighted by Crippen LogP contribution is -2.46. The van der Waals surface area contributed by atoms with E-state index in [0.29, 0.717) is 22.8 Å². The van der Waals surface area contributed by atoms with Crippen molar-refractivity contribution in [2.45, 2.75) is 50.7 Å². The minimum atomic E-state index is -0.849. The van der Waals surface area contributed by atoms with Gasteiger partial charge in [-0.25, -0.2) is 0 Å². The predicted octanol–water partition coefficient (Wildman–Crippen LogP) is 4.73. The number of furan rings is 1. The van der Waals surface area contributed by atoms with Crippen LogP contribution in [0.25, 0.3) is 0 Å². The number of nitrogens with zero attached hydrogens (tertiary/aromatic N) is 1. The zero-order chi connectivity index (χ0) is 23.9. The number of carbonyl (C=O) groups excluding carboxylic acids is 2. The number of carbonyl (C=O) groups is 2. The van der Waals surface area contributed by atoms with Crippen molar-refractivity contribution in [2.75, 3.05) is 14.2 Å². The Morgan fingerprint density at radius 2 is 1.91 bits per heavy atom. The van der Waals surface area contributed by atoms with Crippen molar-refractivity contribution in [2.24, 2.45) is 0 Å². The van der Waals surface area contributed by atoms with Gasteiger partial charge in [-0.05, 0) is 54.1 Å². The van der Waals surface area contributed by atoms with E-state index in [1.807, 2.05) is 29.6 Å². The quantitative estimate of drug-likeness (QED) is 0.452. The highest BCUT2D eigenvalue weighted by Gasteiger charge is 2.34. The molecule has 0 aliphatic heterocycles. The summed E-state index contributed by atoms with van der Waals surface area (Å²) in [5.41, 5.74) is 0.652. The van der Waals surface area contributed by atoms with Crippen LogP contribution in [0, 0.1) is 0 Å². The fourth-order valence-electron chi connectivity index (χ4n) is 4.40. The Bertz CT molecular complexity index is 1070. The van der Waals surface area contributed by atoms with Crippen LogP contribution in [0.4, 0.5) is 0 Å². The summed E-state index contributed by atoms with van der Waals surface area (Å²) >= 11 is 1.52.